The molecule has 0 aliphatic carbocycles. The van der Waals surface area contributed by atoms with Gasteiger partial charge < -0.3 is 15.1 Å². The van der Waals surface area contributed by atoms with Gasteiger partial charge in [-0.1, -0.05) is 13.8 Å². The van der Waals surface area contributed by atoms with Crippen LogP contribution in [0.15, 0.2) is 0 Å². The Kier molecular flexibility index (Phi) is 6.39. The molecule has 1 aromatic rings. The Bertz CT molecular complexity index is 487. The Hall–Kier alpha value is -1.85. The minimum atomic E-state index is 0.0746. The minimum absolute atomic E-state index is 0.0746. The van der Waals surface area contributed by atoms with Crippen LogP contribution in [-0.4, -0.2) is 55.0 Å². The number of rotatable bonds is 7. The third kappa shape index (κ3) is 4.31. The molecule has 1 aromatic heterocycles. The lowest BCUT2D eigenvalue weighted by atomic mass is 10.2. The van der Waals surface area contributed by atoms with Crippen molar-refractivity contribution in [1.82, 2.24) is 14.9 Å². The first kappa shape index (κ1) is 17.2. The summed E-state index contributed by atoms with van der Waals surface area (Å²) in [6.07, 6.45) is 1.73. The number of nitrogens with one attached hydrogen (secondary N) is 1. The van der Waals surface area contributed by atoms with Gasteiger partial charge in [0.15, 0.2) is 0 Å². The molecule has 1 heterocycles. The van der Waals surface area contributed by atoms with Gasteiger partial charge in [-0.15, -0.1) is 0 Å². The molecule has 0 bridgehead atoms. The van der Waals surface area contributed by atoms with Gasteiger partial charge in [0.25, 0.3) is 0 Å². The van der Waals surface area contributed by atoms with E-state index in [9.17, 15) is 4.79 Å². The molecule has 0 spiro atoms. The fourth-order valence-corrected chi connectivity index (χ4v) is 2.09. The van der Waals surface area contributed by atoms with Crippen molar-refractivity contribution in [2.75, 3.05) is 44.4 Å². The molecule has 118 valence electrons. The number of aryl methyl sites for hydroxylation is 1. The topological polar surface area (TPSA) is 61.4 Å². The smallest absolute Gasteiger partial charge is 0.241 e. The highest BCUT2D eigenvalue weighted by atomic mass is 16.2. The highest BCUT2D eigenvalue weighted by Gasteiger charge is 2.18. The second-order valence-electron chi connectivity index (χ2n) is 5.25. The number of anilines is 2. The van der Waals surface area contributed by atoms with Crippen LogP contribution in [0.25, 0.3) is 0 Å². The van der Waals surface area contributed by atoms with Crippen LogP contribution in [0.1, 0.15) is 31.7 Å². The monoisotopic (exact) mass is 293 g/mol. The Balaban J connectivity index is 3.20. The predicted molar refractivity (Wildman–Crippen MR) is 86.9 cm³/mol. The summed E-state index contributed by atoms with van der Waals surface area (Å²) in [5.41, 5.74) is 0.981. The summed E-state index contributed by atoms with van der Waals surface area (Å²) in [6, 6.07) is 0. The molecule has 21 heavy (non-hydrogen) atoms. The summed E-state index contributed by atoms with van der Waals surface area (Å²) in [6.45, 7) is 7.25. The van der Waals surface area contributed by atoms with Crippen molar-refractivity contribution in [2.24, 2.45) is 0 Å². The molecule has 0 saturated carbocycles. The van der Waals surface area contributed by atoms with Crippen LogP contribution in [0.2, 0.25) is 0 Å². The van der Waals surface area contributed by atoms with E-state index in [0.29, 0.717) is 6.54 Å². The van der Waals surface area contributed by atoms with Crippen molar-refractivity contribution >= 4 is 17.5 Å². The maximum absolute atomic E-state index is 12.0. The van der Waals surface area contributed by atoms with E-state index in [4.69, 9.17) is 0 Å². The average molecular weight is 293 g/mol. The van der Waals surface area contributed by atoms with Gasteiger partial charge in [-0.3, -0.25) is 4.79 Å². The lowest BCUT2D eigenvalue weighted by molar-refractivity contribution is -0.127. The van der Waals surface area contributed by atoms with Crippen LogP contribution in [-0.2, 0) is 11.2 Å². The van der Waals surface area contributed by atoms with Crippen molar-refractivity contribution in [2.45, 2.75) is 33.6 Å². The van der Waals surface area contributed by atoms with Gasteiger partial charge in [0, 0.05) is 39.7 Å². The summed E-state index contributed by atoms with van der Waals surface area (Å²) in [4.78, 5) is 24.8. The van der Waals surface area contributed by atoms with Gasteiger partial charge >= 0.3 is 0 Å². The third-order valence-electron chi connectivity index (χ3n) is 3.34. The number of hydrogen-bond donors (Lipinski definition) is 1. The van der Waals surface area contributed by atoms with Crippen molar-refractivity contribution in [3.63, 3.8) is 0 Å². The predicted octanol–water partition coefficient (Wildman–Crippen LogP) is 1.69. The lowest BCUT2D eigenvalue weighted by Gasteiger charge is -2.26. The molecule has 6 heteroatoms. The van der Waals surface area contributed by atoms with Gasteiger partial charge in [-0.25, -0.2) is 9.97 Å². The molecule has 0 fully saturated rings. The van der Waals surface area contributed by atoms with Crippen LogP contribution in [0, 0.1) is 6.92 Å². The number of carbonyl (C=O) groups is 1. The van der Waals surface area contributed by atoms with Crippen molar-refractivity contribution < 1.29 is 4.79 Å². The van der Waals surface area contributed by atoms with E-state index < -0.39 is 0 Å². The number of amides is 1. The van der Waals surface area contributed by atoms with E-state index in [1.165, 1.54) is 0 Å². The first-order valence-corrected chi connectivity index (χ1v) is 7.44. The van der Waals surface area contributed by atoms with Crippen LogP contribution in [0.4, 0.5) is 11.6 Å². The highest BCUT2D eigenvalue weighted by molar-refractivity contribution is 5.81. The van der Waals surface area contributed by atoms with Crippen molar-refractivity contribution in [3.05, 3.63) is 11.4 Å². The number of nitrogens with zero attached hydrogens (tertiary/aromatic N) is 4. The molecule has 1 rings (SSSR count). The summed E-state index contributed by atoms with van der Waals surface area (Å²) in [7, 11) is 5.40. The fraction of sp³-hybridized carbons (Fsp3) is 0.667. The third-order valence-corrected chi connectivity index (χ3v) is 3.34. The first-order valence-electron chi connectivity index (χ1n) is 7.44. The number of hydrogen-bond acceptors (Lipinski definition) is 5. The minimum Gasteiger partial charge on any atom is -0.373 e. The standard InChI is InChI=1S/C15H27N5O/c1-7-9-20(10-13(21)19(5)6)15-11(3)14(16-4)17-12(8-2)18-15/h7-10H2,1-6H3,(H,16,17,18). The van der Waals surface area contributed by atoms with Gasteiger partial charge in [-0.05, 0) is 13.3 Å². The van der Waals surface area contributed by atoms with E-state index in [0.717, 1.165) is 42.4 Å². The molecule has 1 N–H and O–H groups in total. The molecule has 0 radical (unpaired) electrons. The Morgan fingerprint density at radius 2 is 1.90 bits per heavy atom. The second kappa shape index (κ2) is 7.81. The van der Waals surface area contributed by atoms with Crippen LogP contribution in [0.3, 0.4) is 0 Å². The van der Waals surface area contributed by atoms with Crippen molar-refractivity contribution in [3.8, 4) is 0 Å². The zero-order valence-electron chi connectivity index (χ0n) is 14.0. The van der Waals surface area contributed by atoms with E-state index in [-0.39, 0.29) is 5.91 Å². The zero-order chi connectivity index (χ0) is 16.0. The van der Waals surface area contributed by atoms with E-state index in [1.54, 1.807) is 19.0 Å². The molecule has 1 amide bonds. The maximum Gasteiger partial charge on any atom is 0.241 e. The Labute approximate surface area is 127 Å². The molecule has 0 aliphatic rings. The van der Waals surface area contributed by atoms with E-state index in [2.05, 4.69) is 22.2 Å². The Morgan fingerprint density at radius 1 is 1.24 bits per heavy atom. The molecule has 0 saturated heterocycles. The molecule has 6 nitrogen and oxygen atoms in total. The van der Waals surface area contributed by atoms with Gasteiger partial charge in [0.05, 0.1) is 6.54 Å². The molecule has 0 aromatic carbocycles. The summed E-state index contributed by atoms with van der Waals surface area (Å²) in [5, 5.41) is 3.11. The van der Waals surface area contributed by atoms with Crippen LogP contribution in [0.5, 0.6) is 0 Å². The largest absolute Gasteiger partial charge is 0.373 e. The van der Waals surface area contributed by atoms with E-state index in [1.807, 2.05) is 25.8 Å². The number of aromatic nitrogens is 2. The normalized spacial score (nSPS) is 10.4. The summed E-state index contributed by atoms with van der Waals surface area (Å²) >= 11 is 0. The first-order chi connectivity index (χ1) is 9.94. The lowest BCUT2D eigenvalue weighted by Crippen LogP contribution is -2.38. The van der Waals surface area contributed by atoms with E-state index >= 15 is 0 Å². The van der Waals surface area contributed by atoms with Crippen LogP contribution >= 0.6 is 0 Å². The average Bonchev–Trinajstić information content (AvgIpc) is 2.46. The molecular weight excluding hydrogens is 266 g/mol. The zero-order valence-corrected chi connectivity index (χ0v) is 14.0. The Morgan fingerprint density at radius 3 is 2.38 bits per heavy atom. The molecule has 0 atom stereocenters. The molecule has 0 aliphatic heterocycles. The summed E-state index contributed by atoms with van der Waals surface area (Å²) in [5.74, 6) is 2.54. The van der Waals surface area contributed by atoms with Crippen LogP contribution < -0.4 is 10.2 Å². The number of carbonyl (C=O) groups excluding carboxylic acids is 1. The SMILES string of the molecule is CCCN(CC(=O)N(C)C)c1nc(CC)nc(NC)c1C. The molecular formula is C15H27N5O. The second-order valence-corrected chi connectivity index (χ2v) is 5.25. The van der Waals surface area contributed by atoms with Gasteiger partial charge in [0.1, 0.15) is 17.5 Å². The molecule has 0 unspecified atom stereocenters. The summed E-state index contributed by atoms with van der Waals surface area (Å²) < 4.78 is 0. The van der Waals surface area contributed by atoms with Crippen molar-refractivity contribution in [1.29, 1.82) is 0 Å². The maximum atomic E-state index is 12.0. The quantitative estimate of drug-likeness (QED) is 0.829. The highest BCUT2D eigenvalue weighted by Crippen LogP contribution is 2.23. The number of likely N-dealkylation sites (N-methyl/N-ethyl adjacent to an activating group) is 1. The van der Waals surface area contributed by atoms with Gasteiger partial charge in [0.2, 0.25) is 5.91 Å². The van der Waals surface area contributed by atoms with Gasteiger partial charge in [-0.2, -0.15) is 0 Å². The fourth-order valence-electron chi connectivity index (χ4n) is 2.09.